The number of halogens is 1. The minimum absolute atomic E-state index is 0.150. The molecule has 1 aromatic carbocycles. The molecule has 1 aromatic rings. The van der Waals surface area contributed by atoms with E-state index in [0.717, 1.165) is 0 Å². The fourth-order valence-corrected chi connectivity index (χ4v) is 1.22. The molecule has 0 aliphatic carbocycles. The molecule has 0 amide bonds. The SMILES string of the molecule is [B][C@@H](C(=O)OC(C)(C)C)c1ccccc1F. The third-order valence-corrected chi connectivity index (χ3v) is 1.90. The number of hydrogen-bond donors (Lipinski definition) is 0. The zero-order valence-electron chi connectivity index (χ0n) is 9.66. The van der Waals surface area contributed by atoms with Crippen LogP contribution in [0.2, 0.25) is 0 Å². The van der Waals surface area contributed by atoms with Gasteiger partial charge in [0.05, 0.1) is 7.85 Å². The first-order valence-corrected chi connectivity index (χ1v) is 5.04. The number of carbonyl (C=O) groups excluding carboxylic acids is 1. The van der Waals surface area contributed by atoms with Crippen molar-refractivity contribution < 1.29 is 13.9 Å². The van der Waals surface area contributed by atoms with Crippen LogP contribution in [0.4, 0.5) is 4.39 Å². The van der Waals surface area contributed by atoms with Crippen molar-refractivity contribution in [2.24, 2.45) is 0 Å². The van der Waals surface area contributed by atoms with Gasteiger partial charge < -0.3 is 4.74 Å². The molecule has 0 bridgehead atoms. The first-order valence-electron chi connectivity index (χ1n) is 5.04. The van der Waals surface area contributed by atoms with Crippen LogP contribution in [0.25, 0.3) is 0 Å². The second kappa shape index (κ2) is 4.68. The van der Waals surface area contributed by atoms with E-state index in [2.05, 4.69) is 0 Å². The van der Waals surface area contributed by atoms with Gasteiger partial charge in [0.25, 0.3) is 0 Å². The second-order valence-electron chi connectivity index (χ2n) is 4.53. The summed E-state index contributed by atoms with van der Waals surface area (Å²) in [4.78, 5) is 11.6. The average Bonchev–Trinajstić information content (AvgIpc) is 2.15. The standard InChI is InChI=1S/C12H14BFO2/c1-12(2,3)16-11(15)10(13)8-6-4-5-7-9(8)14/h4-7,10H,1-3H3/t10-/m1/s1. The summed E-state index contributed by atoms with van der Waals surface area (Å²) in [6.07, 6.45) is 0. The van der Waals surface area contributed by atoms with Crippen LogP contribution in [0.1, 0.15) is 32.2 Å². The first-order chi connectivity index (χ1) is 7.31. The lowest BCUT2D eigenvalue weighted by molar-refractivity contribution is -0.154. The monoisotopic (exact) mass is 220 g/mol. The van der Waals surface area contributed by atoms with Crippen LogP contribution in [0.15, 0.2) is 24.3 Å². The molecule has 4 heteroatoms. The van der Waals surface area contributed by atoms with Gasteiger partial charge in [-0.1, -0.05) is 18.2 Å². The molecule has 0 aromatic heterocycles. The summed E-state index contributed by atoms with van der Waals surface area (Å²) < 4.78 is 18.4. The van der Waals surface area contributed by atoms with Crippen LogP contribution in [0.3, 0.4) is 0 Å². The lowest BCUT2D eigenvalue weighted by Gasteiger charge is -2.22. The van der Waals surface area contributed by atoms with Crippen LogP contribution in [0.5, 0.6) is 0 Å². The lowest BCUT2D eigenvalue weighted by atomic mass is 9.81. The smallest absolute Gasteiger partial charge is 0.304 e. The third kappa shape index (κ3) is 3.37. The highest BCUT2D eigenvalue weighted by molar-refractivity contribution is 6.23. The van der Waals surface area contributed by atoms with Gasteiger partial charge in [-0.25, -0.2) is 4.39 Å². The van der Waals surface area contributed by atoms with Gasteiger partial charge >= 0.3 is 5.97 Å². The Hall–Kier alpha value is -1.32. The predicted octanol–water partition coefficient (Wildman–Crippen LogP) is 2.38. The molecule has 2 radical (unpaired) electrons. The van der Waals surface area contributed by atoms with Crippen LogP contribution >= 0.6 is 0 Å². The maximum Gasteiger partial charge on any atom is 0.304 e. The number of carbonyl (C=O) groups is 1. The van der Waals surface area contributed by atoms with E-state index >= 15 is 0 Å². The molecule has 0 N–H and O–H groups in total. The largest absolute Gasteiger partial charge is 0.460 e. The van der Waals surface area contributed by atoms with Crippen molar-refractivity contribution in [1.82, 2.24) is 0 Å². The highest BCUT2D eigenvalue weighted by atomic mass is 19.1. The summed E-state index contributed by atoms with van der Waals surface area (Å²) in [6.45, 7) is 5.21. The Labute approximate surface area is 96.2 Å². The van der Waals surface area contributed by atoms with Gasteiger partial charge in [0.15, 0.2) is 0 Å². The van der Waals surface area contributed by atoms with Crippen molar-refractivity contribution in [3.8, 4) is 0 Å². The zero-order chi connectivity index (χ0) is 12.3. The molecule has 0 unspecified atom stereocenters. The number of ether oxygens (including phenoxy) is 1. The maximum atomic E-state index is 13.3. The molecule has 1 rings (SSSR count). The molecule has 2 nitrogen and oxygen atoms in total. The summed E-state index contributed by atoms with van der Waals surface area (Å²) >= 11 is 0. The lowest BCUT2D eigenvalue weighted by Crippen LogP contribution is -2.28. The van der Waals surface area contributed by atoms with Crippen LogP contribution < -0.4 is 0 Å². The van der Waals surface area contributed by atoms with Crippen molar-refractivity contribution in [2.45, 2.75) is 32.2 Å². The third-order valence-electron chi connectivity index (χ3n) is 1.90. The number of benzene rings is 1. The second-order valence-corrected chi connectivity index (χ2v) is 4.53. The van der Waals surface area contributed by atoms with Crippen molar-refractivity contribution in [3.05, 3.63) is 35.6 Å². The molecule has 84 valence electrons. The van der Waals surface area contributed by atoms with E-state index in [-0.39, 0.29) is 5.56 Å². The van der Waals surface area contributed by atoms with Crippen molar-refractivity contribution in [3.63, 3.8) is 0 Å². The molecule has 0 saturated carbocycles. The summed E-state index contributed by atoms with van der Waals surface area (Å²) in [6, 6.07) is 5.91. The molecule has 1 atom stereocenters. The Morgan fingerprint density at radius 3 is 2.44 bits per heavy atom. The molecule has 0 fully saturated rings. The number of hydrogen-bond acceptors (Lipinski definition) is 2. The van der Waals surface area contributed by atoms with Gasteiger partial charge in [-0.15, -0.1) is 0 Å². The van der Waals surface area contributed by atoms with E-state index < -0.39 is 23.2 Å². The summed E-state index contributed by atoms with van der Waals surface area (Å²) in [5, 5.41) is 0. The van der Waals surface area contributed by atoms with E-state index in [1.54, 1.807) is 32.9 Å². The van der Waals surface area contributed by atoms with Gasteiger partial charge in [-0.3, -0.25) is 4.79 Å². The highest BCUT2D eigenvalue weighted by Gasteiger charge is 2.24. The number of rotatable bonds is 2. The van der Waals surface area contributed by atoms with Gasteiger partial charge in [-0.2, -0.15) is 0 Å². The van der Waals surface area contributed by atoms with Gasteiger partial charge in [-0.05, 0) is 32.4 Å². The van der Waals surface area contributed by atoms with Crippen molar-refractivity contribution >= 4 is 13.8 Å². The fraction of sp³-hybridized carbons (Fsp3) is 0.417. The number of esters is 1. The van der Waals surface area contributed by atoms with Crippen LogP contribution in [0, 0.1) is 5.82 Å². The van der Waals surface area contributed by atoms with E-state index in [1.807, 2.05) is 0 Å². The maximum absolute atomic E-state index is 13.3. The molecule has 0 aliphatic rings. The molecule has 0 saturated heterocycles. The topological polar surface area (TPSA) is 26.3 Å². The summed E-state index contributed by atoms with van der Waals surface area (Å²) in [5.74, 6) is -2.21. The predicted molar refractivity (Wildman–Crippen MR) is 60.7 cm³/mol. The van der Waals surface area contributed by atoms with Crippen LogP contribution in [-0.4, -0.2) is 19.4 Å². The first kappa shape index (κ1) is 12.8. The van der Waals surface area contributed by atoms with Gasteiger partial charge in [0, 0.05) is 5.82 Å². The average molecular weight is 220 g/mol. The van der Waals surface area contributed by atoms with E-state index in [0.29, 0.717) is 0 Å². The van der Waals surface area contributed by atoms with E-state index in [1.165, 1.54) is 12.1 Å². The van der Waals surface area contributed by atoms with Crippen molar-refractivity contribution in [2.75, 3.05) is 0 Å². The molecular weight excluding hydrogens is 206 g/mol. The fourth-order valence-electron chi connectivity index (χ4n) is 1.22. The molecule has 0 heterocycles. The Morgan fingerprint density at radius 1 is 1.38 bits per heavy atom. The van der Waals surface area contributed by atoms with Gasteiger partial charge in [0.2, 0.25) is 0 Å². The Morgan fingerprint density at radius 2 is 1.94 bits per heavy atom. The minimum Gasteiger partial charge on any atom is -0.460 e. The Balaban J connectivity index is 2.83. The molecule has 0 spiro atoms. The highest BCUT2D eigenvalue weighted by Crippen LogP contribution is 2.20. The Kier molecular flexibility index (Phi) is 3.73. The van der Waals surface area contributed by atoms with E-state index in [4.69, 9.17) is 12.6 Å². The zero-order valence-corrected chi connectivity index (χ0v) is 9.66. The van der Waals surface area contributed by atoms with Crippen molar-refractivity contribution in [1.29, 1.82) is 0 Å². The summed E-state index contributed by atoms with van der Waals surface area (Å²) in [7, 11) is 5.63. The van der Waals surface area contributed by atoms with E-state index in [9.17, 15) is 9.18 Å². The molecular formula is C12H14BFO2. The summed E-state index contributed by atoms with van der Waals surface area (Å²) in [5.41, 5.74) is -0.475. The van der Waals surface area contributed by atoms with Gasteiger partial charge in [0.1, 0.15) is 11.4 Å². The normalized spacial score (nSPS) is 13.2. The Bertz CT molecular complexity index is 385. The minimum atomic E-state index is -1.08. The quantitative estimate of drug-likeness (QED) is 0.564. The molecule has 16 heavy (non-hydrogen) atoms. The van der Waals surface area contributed by atoms with Crippen LogP contribution in [-0.2, 0) is 9.53 Å². The molecule has 0 aliphatic heterocycles.